The molecule has 1 N–H and O–H groups in total. The second kappa shape index (κ2) is 16.7. The molecule has 5 rings (SSSR count). The van der Waals surface area contributed by atoms with Crippen LogP contribution in [0.3, 0.4) is 0 Å². The Kier molecular flexibility index (Phi) is 12.9. The molecule has 0 bridgehead atoms. The van der Waals surface area contributed by atoms with Gasteiger partial charge in [0.1, 0.15) is 11.0 Å². The number of rotatable bonds is 10. The fourth-order valence-electron chi connectivity index (χ4n) is 3.91. The molecule has 0 radical (unpaired) electrons. The van der Waals surface area contributed by atoms with Crippen molar-refractivity contribution in [2.75, 3.05) is 12.5 Å². The van der Waals surface area contributed by atoms with E-state index in [9.17, 15) is 4.55 Å². The van der Waals surface area contributed by atoms with Gasteiger partial charge in [0.2, 0.25) is 6.79 Å². The number of imidazole rings is 1. The molecule has 198 valence electrons. The molecule has 0 fully saturated rings. The SMILES string of the molecule is CCCCCCCC[S+]([O-])C(C)Cc1ccc2c(c1)OCO2.c1ccc2[nH]cnc2c1.c1ccncc1. The van der Waals surface area contributed by atoms with E-state index >= 15 is 0 Å². The summed E-state index contributed by atoms with van der Waals surface area (Å²) < 4.78 is 23.0. The lowest BCUT2D eigenvalue weighted by Crippen LogP contribution is -2.23. The van der Waals surface area contributed by atoms with Gasteiger partial charge in [0.25, 0.3) is 0 Å². The number of benzene rings is 2. The van der Waals surface area contributed by atoms with Crippen molar-refractivity contribution < 1.29 is 14.0 Å². The van der Waals surface area contributed by atoms with Crippen LogP contribution in [0.25, 0.3) is 11.0 Å². The summed E-state index contributed by atoms with van der Waals surface area (Å²) in [6.07, 6.45) is 13.5. The predicted molar refractivity (Wildman–Crippen MR) is 152 cm³/mol. The van der Waals surface area contributed by atoms with E-state index in [0.717, 1.165) is 41.1 Å². The first kappa shape index (κ1) is 28.5. The van der Waals surface area contributed by atoms with E-state index < -0.39 is 11.2 Å². The van der Waals surface area contributed by atoms with E-state index in [4.69, 9.17) is 9.47 Å². The van der Waals surface area contributed by atoms with Crippen LogP contribution in [-0.2, 0) is 17.6 Å². The fourth-order valence-corrected chi connectivity index (χ4v) is 5.18. The van der Waals surface area contributed by atoms with E-state index in [0.29, 0.717) is 6.79 Å². The number of para-hydroxylation sites is 2. The number of ether oxygens (including phenoxy) is 2. The predicted octanol–water partition coefficient (Wildman–Crippen LogP) is 7.10. The van der Waals surface area contributed by atoms with Gasteiger partial charge in [-0.3, -0.25) is 4.98 Å². The van der Waals surface area contributed by atoms with Crippen LogP contribution in [0.15, 0.2) is 79.4 Å². The van der Waals surface area contributed by atoms with Crippen LogP contribution in [0.2, 0.25) is 0 Å². The number of hydrogen-bond acceptors (Lipinski definition) is 5. The molecule has 2 aromatic heterocycles. The molecule has 1 aliphatic rings. The molecular formula is C30H39N3O3S. The summed E-state index contributed by atoms with van der Waals surface area (Å²) in [5, 5.41) is 0.191. The van der Waals surface area contributed by atoms with Crippen molar-refractivity contribution in [2.45, 2.75) is 64.0 Å². The van der Waals surface area contributed by atoms with Crippen LogP contribution >= 0.6 is 0 Å². The number of pyridine rings is 1. The molecule has 2 atom stereocenters. The van der Waals surface area contributed by atoms with Gasteiger partial charge in [-0.1, -0.05) is 68.0 Å². The molecule has 2 aromatic carbocycles. The Morgan fingerprint density at radius 2 is 1.68 bits per heavy atom. The number of aromatic amines is 1. The summed E-state index contributed by atoms with van der Waals surface area (Å²) in [7, 11) is 0. The monoisotopic (exact) mass is 521 g/mol. The van der Waals surface area contributed by atoms with Gasteiger partial charge in [0.15, 0.2) is 11.5 Å². The Morgan fingerprint density at radius 1 is 0.919 bits per heavy atom. The van der Waals surface area contributed by atoms with Crippen molar-refractivity contribution >= 4 is 22.2 Å². The molecule has 37 heavy (non-hydrogen) atoms. The maximum absolute atomic E-state index is 12.3. The first-order chi connectivity index (χ1) is 18.2. The van der Waals surface area contributed by atoms with Crippen LogP contribution in [0.5, 0.6) is 11.5 Å². The largest absolute Gasteiger partial charge is 0.616 e. The third kappa shape index (κ3) is 10.5. The lowest BCUT2D eigenvalue weighted by molar-refractivity contribution is 0.174. The molecule has 1 aliphatic heterocycles. The van der Waals surface area contributed by atoms with Gasteiger partial charge in [-0.15, -0.1) is 0 Å². The zero-order valence-corrected chi connectivity index (χ0v) is 22.8. The minimum Gasteiger partial charge on any atom is -0.616 e. The number of nitrogens with one attached hydrogen (secondary N) is 1. The van der Waals surface area contributed by atoms with Gasteiger partial charge in [0, 0.05) is 18.8 Å². The van der Waals surface area contributed by atoms with E-state index in [2.05, 4.69) is 28.8 Å². The number of nitrogens with zero attached hydrogens (tertiary/aromatic N) is 2. The normalized spacial score (nSPS) is 13.2. The van der Waals surface area contributed by atoms with E-state index in [1.807, 2.05) is 60.7 Å². The molecule has 2 unspecified atom stereocenters. The Bertz CT molecular complexity index is 1080. The molecule has 0 aliphatic carbocycles. The standard InChI is InChI=1S/C18H28O3S.C7H6N2.C5H5N/c1-3-4-5-6-7-8-11-22(19)15(2)12-16-9-10-17-18(13-16)21-14-20-17;1-2-4-7-6(3-1)8-5-9-7;1-2-4-6-5-3-1/h9-10,13,15H,3-8,11-12,14H2,1-2H3;1-5H,(H,8,9);1-5H. The van der Waals surface area contributed by atoms with E-state index in [1.165, 1.54) is 37.7 Å². The van der Waals surface area contributed by atoms with E-state index in [1.54, 1.807) is 18.7 Å². The van der Waals surface area contributed by atoms with Crippen LogP contribution in [-0.4, -0.2) is 37.3 Å². The van der Waals surface area contributed by atoms with Gasteiger partial charge in [-0.05, 0) is 61.7 Å². The van der Waals surface area contributed by atoms with Crippen molar-refractivity contribution in [2.24, 2.45) is 0 Å². The van der Waals surface area contributed by atoms with Gasteiger partial charge in [0.05, 0.1) is 17.4 Å². The molecule has 0 saturated heterocycles. The van der Waals surface area contributed by atoms with Crippen molar-refractivity contribution in [3.05, 3.63) is 84.9 Å². The van der Waals surface area contributed by atoms with Gasteiger partial charge in [-0.2, -0.15) is 0 Å². The minimum atomic E-state index is -0.743. The average Bonchev–Trinajstić information content (AvgIpc) is 3.61. The Labute approximate surface area is 224 Å². The topological polar surface area (TPSA) is 83.1 Å². The van der Waals surface area contributed by atoms with Crippen LogP contribution < -0.4 is 9.47 Å². The summed E-state index contributed by atoms with van der Waals surface area (Å²) in [4.78, 5) is 10.9. The molecule has 3 heterocycles. The van der Waals surface area contributed by atoms with Gasteiger partial charge >= 0.3 is 0 Å². The van der Waals surface area contributed by atoms with E-state index in [-0.39, 0.29) is 5.25 Å². The Hall–Kier alpha value is -3.03. The highest BCUT2D eigenvalue weighted by Gasteiger charge is 2.19. The average molecular weight is 522 g/mol. The smallest absolute Gasteiger partial charge is 0.231 e. The zero-order chi connectivity index (χ0) is 26.1. The summed E-state index contributed by atoms with van der Waals surface area (Å²) >= 11 is -0.743. The zero-order valence-electron chi connectivity index (χ0n) is 22.0. The maximum Gasteiger partial charge on any atom is 0.231 e. The summed E-state index contributed by atoms with van der Waals surface area (Å²) in [6.45, 7) is 4.61. The Balaban J connectivity index is 0.000000203. The second-order valence-corrected chi connectivity index (χ2v) is 11.0. The molecule has 6 nitrogen and oxygen atoms in total. The highest BCUT2D eigenvalue weighted by Crippen LogP contribution is 2.33. The molecule has 7 heteroatoms. The minimum absolute atomic E-state index is 0.191. The summed E-state index contributed by atoms with van der Waals surface area (Å²) in [5.74, 6) is 2.45. The number of fused-ring (bicyclic) bond motifs is 2. The van der Waals surface area contributed by atoms with Crippen LogP contribution in [0, 0.1) is 0 Å². The lowest BCUT2D eigenvalue weighted by atomic mass is 10.1. The molecule has 0 spiro atoms. The third-order valence-corrected chi connectivity index (χ3v) is 7.76. The first-order valence-corrected chi connectivity index (χ1v) is 14.5. The van der Waals surface area contributed by atoms with Gasteiger partial charge in [-0.25, -0.2) is 4.98 Å². The fraction of sp³-hybridized carbons (Fsp3) is 0.400. The lowest BCUT2D eigenvalue weighted by Gasteiger charge is -2.18. The Morgan fingerprint density at radius 3 is 2.41 bits per heavy atom. The van der Waals surface area contributed by atoms with Crippen molar-refractivity contribution in [3.63, 3.8) is 0 Å². The highest BCUT2D eigenvalue weighted by atomic mass is 32.2. The number of H-pyrrole nitrogens is 1. The van der Waals surface area contributed by atoms with Crippen molar-refractivity contribution in [3.8, 4) is 11.5 Å². The number of unbranched alkanes of at least 4 members (excludes halogenated alkanes) is 5. The quantitative estimate of drug-likeness (QED) is 0.178. The molecule has 0 amide bonds. The summed E-state index contributed by atoms with van der Waals surface area (Å²) in [5.41, 5.74) is 3.29. The van der Waals surface area contributed by atoms with Crippen LogP contribution in [0.1, 0.15) is 57.9 Å². The molecular weight excluding hydrogens is 482 g/mol. The number of hydrogen-bond donors (Lipinski definition) is 1. The number of aromatic nitrogens is 3. The van der Waals surface area contributed by atoms with Crippen LogP contribution in [0.4, 0.5) is 0 Å². The molecule has 4 aromatic rings. The highest BCUT2D eigenvalue weighted by molar-refractivity contribution is 7.91. The second-order valence-electron chi connectivity index (χ2n) is 9.00. The first-order valence-electron chi connectivity index (χ1n) is 13.2. The van der Waals surface area contributed by atoms with Crippen molar-refractivity contribution in [1.29, 1.82) is 0 Å². The maximum atomic E-state index is 12.3. The third-order valence-electron chi connectivity index (χ3n) is 6.00. The van der Waals surface area contributed by atoms with Crippen molar-refractivity contribution in [1.82, 2.24) is 15.0 Å². The van der Waals surface area contributed by atoms with Gasteiger partial charge < -0.3 is 19.0 Å². The molecule has 0 saturated carbocycles. The summed E-state index contributed by atoms with van der Waals surface area (Å²) in [6, 6.07) is 19.7.